The van der Waals surface area contributed by atoms with Crippen LogP contribution >= 0.6 is 0 Å². The van der Waals surface area contributed by atoms with Crippen molar-refractivity contribution in [3.63, 3.8) is 0 Å². The Morgan fingerprint density at radius 3 is 2.40 bits per heavy atom. The molecule has 2 radical (unpaired) electrons. The molecular weight excluding hydrogens is 308 g/mol. The van der Waals surface area contributed by atoms with Crippen LogP contribution in [-0.2, 0) is 0 Å². The molecule has 1 aromatic heterocycles. The van der Waals surface area contributed by atoms with Crippen molar-refractivity contribution in [1.29, 1.82) is 0 Å². The first-order chi connectivity index (χ1) is 12.2. The van der Waals surface area contributed by atoms with Crippen LogP contribution in [0.3, 0.4) is 0 Å². The lowest BCUT2D eigenvalue weighted by Crippen LogP contribution is -2.28. The van der Waals surface area contributed by atoms with Crippen molar-refractivity contribution in [3.05, 3.63) is 79.3 Å². The average molecular weight is 326 g/mol. The summed E-state index contributed by atoms with van der Waals surface area (Å²) in [7, 11) is 2.05. The Balaban J connectivity index is 1.85. The van der Waals surface area contributed by atoms with E-state index < -0.39 is 0 Å². The van der Waals surface area contributed by atoms with Crippen LogP contribution in [-0.4, -0.2) is 7.05 Å². The summed E-state index contributed by atoms with van der Waals surface area (Å²) >= 11 is 0. The minimum Gasteiger partial charge on any atom is -0.454 e. The van der Waals surface area contributed by atoms with Crippen molar-refractivity contribution >= 4 is 39.0 Å². The molecule has 0 saturated carbocycles. The van der Waals surface area contributed by atoms with Gasteiger partial charge < -0.3 is 14.2 Å². The zero-order valence-corrected chi connectivity index (χ0v) is 14.3. The monoisotopic (exact) mass is 326 g/mol. The number of para-hydroxylation sites is 3. The van der Waals surface area contributed by atoms with Gasteiger partial charge in [0.15, 0.2) is 11.7 Å². The number of anilines is 3. The first-order valence-corrected chi connectivity index (χ1v) is 8.39. The molecule has 0 spiro atoms. The molecule has 3 aromatic carbocycles. The minimum atomic E-state index is 0.910. The van der Waals surface area contributed by atoms with Gasteiger partial charge in [-0.2, -0.15) is 0 Å². The van der Waals surface area contributed by atoms with Gasteiger partial charge >= 0.3 is 0 Å². The predicted octanol–water partition coefficient (Wildman–Crippen LogP) is 5.81. The summed E-state index contributed by atoms with van der Waals surface area (Å²) in [5.74, 6) is 0. The summed E-state index contributed by atoms with van der Waals surface area (Å²) in [6.07, 6.45) is 0.928. The number of fused-ring (bicyclic) bond motifs is 4. The van der Waals surface area contributed by atoms with Crippen molar-refractivity contribution in [2.45, 2.75) is 6.92 Å². The van der Waals surface area contributed by atoms with Crippen molar-refractivity contribution in [3.8, 4) is 0 Å². The van der Waals surface area contributed by atoms with E-state index in [-0.39, 0.29) is 0 Å². The van der Waals surface area contributed by atoms with Gasteiger partial charge in [0.25, 0.3) is 0 Å². The first kappa shape index (κ1) is 14.4. The van der Waals surface area contributed by atoms with E-state index in [0.29, 0.717) is 0 Å². The largest absolute Gasteiger partial charge is 0.454 e. The normalized spacial score (nSPS) is 14.7. The Morgan fingerprint density at radius 2 is 1.56 bits per heavy atom. The quantitative estimate of drug-likeness (QED) is 0.440. The molecule has 3 nitrogen and oxygen atoms in total. The van der Waals surface area contributed by atoms with E-state index >= 15 is 0 Å². The molecule has 1 aliphatic rings. The van der Waals surface area contributed by atoms with E-state index in [1.807, 2.05) is 12.1 Å². The van der Waals surface area contributed by atoms with Crippen LogP contribution in [0.25, 0.3) is 21.9 Å². The summed E-state index contributed by atoms with van der Waals surface area (Å²) in [4.78, 5) is 4.33. The molecule has 0 saturated heterocycles. The Morgan fingerprint density at radius 1 is 0.840 bits per heavy atom. The first-order valence-electron chi connectivity index (χ1n) is 8.39. The van der Waals surface area contributed by atoms with E-state index in [9.17, 15) is 0 Å². The molecular formula is C22H18N2O. The fourth-order valence-corrected chi connectivity index (χ4v) is 3.77. The minimum absolute atomic E-state index is 0.910. The van der Waals surface area contributed by atoms with Gasteiger partial charge in [-0.05, 0) is 37.6 Å². The lowest BCUT2D eigenvalue weighted by molar-refractivity contribution is 0.667. The zero-order chi connectivity index (χ0) is 17.1. The zero-order valence-electron chi connectivity index (χ0n) is 14.3. The fourth-order valence-electron chi connectivity index (χ4n) is 3.77. The van der Waals surface area contributed by atoms with Gasteiger partial charge in [0.05, 0.1) is 17.1 Å². The number of nitrogens with zero attached hydrogens (tertiary/aromatic N) is 2. The van der Waals surface area contributed by atoms with Crippen molar-refractivity contribution in [2.24, 2.45) is 0 Å². The average Bonchev–Trinajstić information content (AvgIpc) is 3.12. The van der Waals surface area contributed by atoms with Crippen LogP contribution in [0.1, 0.15) is 5.56 Å². The molecule has 0 N–H and O–H groups in total. The second-order valence-electron chi connectivity index (χ2n) is 6.51. The Kier molecular flexibility index (Phi) is 2.90. The van der Waals surface area contributed by atoms with E-state index in [0.717, 1.165) is 50.7 Å². The van der Waals surface area contributed by atoms with Crippen molar-refractivity contribution < 1.29 is 4.42 Å². The topological polar surface area (TPSA) is 19.6 Å². The molecule has 0 unspecified atom stereocenters. The van der Waals surface area contributed by atoms with E-state index in [1.165, 1.54) is 0 Å². The molecule has 4 aromatic rings. The van der Waals surface area contributed by atoms with Gasteiger partial charge in [-0.15, -0.1) is 0 Å². The fraction of sp³-hybridized carbons (Fsp3) is 0.0909. The van der Waals surface area contributed by atoms with Gasteiger partial charge in [0, 0.05) is 17.8 Å². The van der Waals surface area contributed by atoms with Crippen LogP contribution in [0.15, 0.2) is 65.1 Å². The molecule has 0 atom stereocenters. The summed E-state index contributed by atoms with van der Waals surface area (Å²) in [5.41, 5.74) is 6.34. The number of furan rings is 1. The molecule has 0 amide bonds. The number of hydrogen-bond donors (Lipinski definition) is 0. The van der Waals surface area contributed by atoms with Crippen molar-refractivity contribution in [1.82, 2.24) is 0 Å². The highest BCUT2D eigenvalue weighted by molar-refractivity contribution is 6.11. The maximum absolute atomic E-state index is 6.27. The van der Waals surface area contributed by atoms with Gasteiger partial charge in [-0.25, -0.2) is 0 Å². The van der Waals surface area contributed by atoms with Gasteiger partial charge in [0.2, 0.25) is 0 Å². The predicted molar refractivity (Wildman–Crippen MR) is 104 cm³/mol. The third-order valence-electron chi connectivity index (χ3n) is 5.08. The maximum atomic E-state index is 6.27. The van der Waals surface area contributed by atoms with E-state index in [4.69, 9.17) is 4.42 Å². The Bertz CT molecular complexity index is 1110. The summed E-state index contributed by atoms with van der Waals surface area (Å²) in [5, 5.41) is 2.28. The number of hydrogen-bond acceptors (Lipinski definition) is 3. The number of rotatable bonds is 1. The molecule has 5 rings (SSSR count). The standard InChI is InChI=1S/C22H18N2O/c1-14-12-13-17-16-8-4-7-11-20(16)25-22(17)21(14)24-15(2)23(3)18-9-5-6-10-19(18)24/h4-13H,2H2,1,3H3. The third kappa shape index (κ3) is 1.86. The van der Waals surface area contributed by atoms with Gasteiger partial charge in [-0.3, -0.25) is 0 Å². The van der Waals surface area contributed by atoms with E-state index in [1.54, 1.807) is 0 Å². The third-order valence-corrected chi connectivity index (χ3v) is 5.08. The second-order valence-corrected chi connectivity index (χ2v) is 6.51. The highest BCUT2D eigenvalue weighted by Crippen LogP contribution is 2.49. The van der Waals surface area contributed by atoms with Crippen molar-refractivity contribution in [2.75, 3.05) is 16.8 Å². The van der Waals surface area contributed by atoms with Crippen LogP contribution in [0, 0.1) is 20.0 Å². The molecule has 3 heteroatoms. The van der Waals surface area contributed by atoms with Crippen LogP contribution in [0.4, 0.5) is 17.1 Å². The van der Waals surface area contributed by atoms with Gasteiger partial charge in [-0.1, -0.05) is 42.5 Å². The summed E-state index contributed by atoms with van der Waals surface area (Å²) in [6.45, 7) is 6.44. The number of benzene rings is 3. The number of aryl methyl sites for hydroxylation is 1. The molecule has 122 valence electrons. The van der Waals surface area contributed by atoms with Crippen LogP contribution in [0.2, 0.25) is 0 Å². The molecule has 0 aliphatic carbocycles. The Hall–Kier alpha value is -2.94. The summed E-state index contributed by atoms with van der Waals surface area (Å²) in [6, 6.07) is 20.9. The van der Waals surface area contributed by atoms with E-state index in [2.05, 4.69) is 79.2 Å². The Labute approximate surface area is 147 Å². The van der Waals surface area contributed by atoms with Gasteiger partial charge in [0.1, 0.15) is 5.58 Å². The highest BCUT2D eigenvalue weighted by Gasteiger charge is 2.35. The van der Waals surface area contributed by atoms with Crippen LogP contribution in [0.5, 0.6) is 0 Å². The lowest BCUT2D eigenvalue weighted by Gasteiger charge is -2.27. The SMILES string of the molecule is [CH2][C]1N(C)c2ccccc2N1c1c(C)ccc2c1oc1ccccc12. The van der Waals surface area contributed by atoms with Crippen LogP contribution < -0.4 is 9.80 Å². The molecule has 1 aliphatic heterocycles. The highest BCUT2D eigenvalue weighted by atomic mass is 16.3. The second kappa shape index (κ2) is 5.03. The molecule has 0 bridgehead atoms. The smallest absolute Gasteiger partial charge is 0.161 e. The summed E-state index contributed by atoms with van der Waals surface area (Å²) < 4.78 is 6.27. The maximum Gasteiger partial charge on any atom is 0.161 e. The lowest BCUT2D eigenvalue weighted by atomic mass is 10.1. The molecule has 0 fully saturated rings. The molecule has 25 heavy (non-hydrogen) atoms. The molecule has 2 heterocycles.